The zero-order valence-electron chi connectivity index (χ0n) is 10.5. The molecule has 1 aliphatic rings. The second-order valence-corrected chi connectivity index (χ2v) is 4.95. The first-order valence-corrected chi connectivity index (χ1v) is 6.22. The zero-order chi connectivity index (χ0) is 14.0. The molecule has 1 fully saturated rings. The first kappa shape index (κ1) is 13.9. The van der Waals surface area contributed by atoms with E-state index in [0.29, 0.717) is 12.3 Å². The van der Waals surface area contributed by atoms with E-state index in [1.165, 1.54) is 12.1 Å². The van der Waals surface area contributed by atoms with Gasteiger partial charge in [0.25, 0.3) is 0 Å². The summed E-state index contributed by atoms with van der Waals surface area (Å²) in [4.78, 5) is 11.4. The molecule has 0 bridgehead atoms. The predicted molar refractivity (Wildman–Crippen MR) is 63.7 cm³/mol. The Balaban J connectivity index is 1.97. The van der Waals surface area contributed by atoms with E-state index in [4.69, 9.17) is 0 Å². The van der Waals surface area contributed by atoms with Gasteiger partial charge in [-0.15, -0.1) is 13.2 Å². The quantitative estimate of drug-likeness (QED) is 0.837. The molecule has 0 radical (unpaired) electrons. The molecule has 104 valence electrons. The molecular formula is C14H15F3O2. The standard InChI is InChI=1S/C14H15F3O2/c1-9-11(4-7-13(9)18)8-10-2-5-12(6-3-10)19-14(15,16)17/h2-3,5-6,9,11H,4,7-8H2,1H3. The number of alkyl halides is 3. The smallest absolute Gasteiger partial charge is 0.406 e. The summed E-state index contributed by atoms with van der Waals surface area (Å²) in [6.45, 7) is 1.92. The molecule has 0 heterocycles. The van der Waals surface area contributed by atoms with E-state index in [9.17, 15) is 18.0 Å². The van der Waals surface area contributed by atoms with Gasteiger partial charge in [0.2, 0.25) is 0 Å². The van der Waals surface area contributed by atoms with Gasteiger partial charge in [0.05, 0.1) is 0 Å². The molecule has 1 aromatic carbocycles. The van der Waals surface area contributed by atoms with E-state index in [0.717, 1.165) is 18.4 Å². The number of ether oxygens (including phenoxy) is 1. The molecule has 0 aliphatic heterocycles. The first-order chi connectivity index (χ1) is 8.85. The Kier molecular flexibility index (Phi) is 3.83. The third-order valence-corrected chi connectivity index (χ3v) is 3.63. The van der Waals surface area contributed by atoms with E-state index in [1.54, 1.807) is 12.1 Å². The SMILES string of the molecule is CC1C(=O)CCC1Cc1ccc(OC(F)(F)F)cc1. The Labute approximate surface area is 109 Å². The fourth-order valence-corrected chi connectivity index (χ4v) is 2.48. The number of benzene rings is 1. The second-order valence-electron chi connectivity index (χ2n) is 4.95. The lowest BCUT2D eigenvalue weighted by molar-refractivity contribution is -0.274. The fraction of sp³-hybridized carbons (Fsp3) is 0.500. The lowest BCUT2D eigenvalue weighted by atomic mass is 9.91. The Morgan fingerprint density at radius 3 is 2.37 bits per heavy atom. The zero-order valence-corrected chi connectivity index (χ0v) is 10.5. The number of carbonyl (C=O) groups is 1. The summed E-state index contributed by atoms with van der Waals surface area (Å²) in [6.07, 6.45) is -2.46. The number of rotatable bonds is 3. The topological polar surface area (TPSA) is 26.3 Å². The van der Waals surface area contributed by atoms with Crippen LogP contribution in [-0.2, 0) is 11.2 Å². The molecule has 0 aromatic heterocycles. The highest BCUT2D eigenvalue weighted by Crippen LogP contribution is 2.32. The fourth-order valence-electron chi connectivity index (χ4n) is 2.48. The highest BCUT2D eigenvalue weighted by atomic mass is 19.4. The van der Waals surface area contributed by atoms with Gasteiger partial charge in [-0.1, -0.05) is 19.1 Å². The molecule has 2 unspecified atom stereocenters. The molecule has 1 aliphatic carbocycles. The van der Waals surface area contributed by atoms with E-state index < -0.39 is 6.36 Å². The molecule has 2 atom stereocenters. The number of carbonyl (C=O) groups excluding carboxylic acids is 1. The number of halogens is 3. The van der Waals surface area contributed by atoms with Crippen molar-refractivity contribution in [3.8, 4) is 5.75 Å². The van der Waals surface area contributed by atoms with Gasteiger partial charge in [-0.05, 0) is 36.5 Å². The van der Waals surface area contributed by atoms with Crippen molar-refractivity contribution < 1.29 is 22.7 Å². The minimum absolute atomic E-state index is 0.0473. The first-order valence-electron chi connectivity index (χ1n) is 6.22. The maximum absolute atomic E-state index is 12.0. The largest absolute Gasteiger partial charge is 0.573 e. The third kappa shape index (κ3) is 3.72. The highest BCUT2D eigenvalue weighted by molar-refractivity contribution is 5.83. The van der Waals surface area contributed by atoms with E-state index >= 15 is 0 Å². The molecule has 2 nitrogen and oxygen atoms in total. The van der Waals surface area contributed by atoms with Crippen LogP contribution in [0.2, 0.25) is 0 Å². The molecule has 0 N–H and O–H groups in total. The van der Waals surface area contributed by atoms with Crippen LogP contribution in [-0.4, -0.2) is 12.1 Å². The molecular weight excluding hydrogens is 257 g/mol. The monoisotopic (exact) mass is 272 g/mol. The van der Waals surface area contributed by atoms with Gasteiger partial charge in [0.1, 0.15) is 11.5 Å². The van der Waals surface area contributed by atoms with Crippen LogP contribution in [0.25, 0.3) is 0 Å². The molecule has 2 rings (SSSR count). The van der Waals surface area contributed by atoms with Gasteiger partial charge in [-0.3, -0.25) is 4.79 Å². The van der Waals surface area contributed by atoms with Crippen LogP contribution in [0.3, 0.4) is 0 Å². The van der Waals surface area contributed by atoms with Crippen molar-refractivity contribution in [2.75, 3.05) is 0 Å². The second kappa shape index (κ2) is 5.23. The summed E-state index contributed by atoms with van der Waals surface area (Å²) in [6, 6.07) is 5.86. The highest BCUT2D eigenvalue weighted by Gasteiger charge is 2.32. The Morgan fingerprint density at radius 2 is 1.89 bits per heavy atom. The maximum Gasteiger partial charge on any atom is 0.573 e. The summed E-state index contributed by atoms with van der Waals surface area (Å²) in [7, 11) is 0. The predicted octanol–water partition coefficient (Wildman–Crippen LogP) is 3.74. The molecule has 0 spiro atoms. The van der Waals surface area contributed by atoms with Crippen molar-refractivity contribution in [3.63, 3.8) is 0 Å². The summed E-state index contributed by atoms with van der Waals surface area (Å²) in [5.74, 6) is 0.404. The van der Waals surface area contributed by atoms with Crippen molar-refractivity contribution in [3.05, 3.63) is 29.8 Å². The van der Waals surface area contributed by atoms with Gasteiger partial charge in [-0.2, -0.15) is 0 Å². The molecule has 1 aromatic rings. The van der Waals surface area contributed by atoms with Crippen LogP contribution in [0.1, 0.15) is 25.3 Å². The number of hydrogen-bond acceptors (Lipinski definition) is 2. The van der Waals surface area contributed by atoms with Gasteiger partial charge >= 0.3 is 6.36 Å². The molecule has 1 saturated carbocycles. The number of ketones is 1. The molecule has 5 heteroatoms. The van der Waals surface area contributed by atoms with Crippen LogP contribution < -0.4 is 4.74 Å². The van der Waals surface area contributed by atoms with Gasteiger partial charge < -0.3 is 4.74 Å². The lowest BCUT2D eigenvalue weighted by Crippen LogP contribution is -2.17. The minimum atomic E-state index is -4.66. The average molecular weight is 272 g/mol. The van der Waals surface area contributed by atoms with Crippen LogP contribution in [0.4, 0.5) is 13.2 Å². The van der Waals surface area contributed by atoms with Crippen molar-refractivity contribution >= 4 is 5.78 Å². The summed E-state index contributed by atoms with van der Waals surface area (Å²) in [5, 5.41) is 0. The lowest BCUT2D eigenvalue weighted by Gasteiger charge is -2.14. The van der Waals surface area contributed by atoms with Crippen molar-refractivity contribution in [2.24, 2.45) is 11.8 Å². The minimum Gasteiger partial charge on any atom is -0.406 e. The Hall–Kier alpha value is -1.52. The van der Waals surface area contributed by atoms with Crippen LogP contribution in [0, 0.1) is 11.8 Å². The Bertz CT molecular complexity index is 451. The van der Waals surface area contributed by atoms with Crippen LogP contribution in [0.15, 0.2) is 24.3 Å². The summed E-state index contributed by atoms with van der Waals surface area (Å²) >= 11 is 0. The van der Waals surface area contributed by atoms with E-state index in [2.05, 4.69) is 4.74 Å². The van der Waals surface area contributed by atoms with Gasteiger partial charge in [-0.25, -0.2) is 0 Å². The molecule has 0 saturated heterocycles. The van der Waals surface area contributed by atoms with Crippen molar-refractivity contribution in [1.82, 2.24) is 0 Å². The van der Waals surface area contributed by atoms with E-state index in [-0.39, 0.29) is 17.5 Å². The average Bonchev–Trinajstić information content (AvgIpc) is 2.62. The van der Waals surface area contributed by atoms with Gasteiger partial charge in [0.15, 0.2) is 0 Å². The van der Waals surface area contributed by atoms with Crippen molar-refractivity contribution in [1.29, 1.82) is 0 Å². The Morgan fingerprint density at radius 1 is 1.26 bits per heavy atom. The summed E-state index contributed by atoms with van der Waals surface area (Å²) in [5.41, 5.74) is 0.932. The van der Waals surface area contributed by atoms with E-state index in [1.807, 2.05) is 6.92 Å². The molecule has 0 amide bonds. The molecule has 19 heavy (non-hydrogen) atoms. The third-order valence-electron chi connectivity index (χ3n) is 3.63. The number of Topliss-reactive ketones (excluding diaryl/α,β-unsaturated/α-hetero) is 1. The summed E-state index contributed by atoms with van der Waals surface area (Å²) < 4.78 is 39.8. The number of hydrogen-bond donors (Lipinski definition) is 0. The maximum atomic E-state index is 12.0. The van der Waals surface area contributed by atoms with Crippen molar-refractivity contribution in [2.45, 2.75) is 32.5 Å². The normalized spacial score (nSPS) is 23.7. The van der Waals surface area contributed by atoms with Crippen LogP contribution in [0.5, 0.6) is 5.75 Å². The van der Waals surface area contributed by atoms with Crippen LogP contribution >= 0.6 is 0 Å². The van der Waals surface area contributed by atoms with Gasteiger partial charge in [0, 0.05) is 12.3 Å².